The molecule has 3 rings (SSSR count). The lowest BCUT2D eigenvalue weighted by molar-refractivity contribution is -0.120. The van der Waals surface area contributed by atoms with Gasteiger partial charge in [-0.3, -0.25) is 9.59 Å². The normalized spacial score (nSPS) is 11.5. The van der Waals surface area contributed by atoms with Gasteiger partial charge in [-0.05, 0) is 47.5 Å². The number of carbonyl (C=O) groups excluding carboxylic acids is 2. The van der Waals surface area contributed by atoms with Gasteiger partial charge in [0.25, 0.3) is 11.8 Å². The summed E-state index contributed by atoms with van der Waals surface area (Å²) in [6, 6.07) is 15.1. The van der Waals surface area contributed by atoms with Crippen LogP contribution in [0.15, 0.2) is 53.9 Å². The van der Waals surface area contributed by atoms with E-state index < -0.39 is 5.91 Å². The van der Waals surface area contributed by atoms with Crippen LogP contribution in [0.5, 0.6) is 17.2 Å². The van der Waals surface area contributed by atoms with E-state index in [4.69, 9.17) is 19.9 Å². The molecule has 0 aliphatic heterocycles. The number of thiophene rings is 1. The van der Waals surface area contributed by atoms with Gasteiger partial charge in [-0.1, -0.05) is 43.7 Å². The Bertz CT molecular complexity index is 1070. The van der Waals surface area contributed by atoms with Crippen LogP contribution in [0.2, 0.25) is 0 Å². The van der Waals surface area contributed by atoms with E-state index in [1.807, 2.05) is 17.5 Å². The Morgan fingerprint density at radius 2 is 1.74 bits per heavy atom. The SMILES string of the molecule is CCCCc1ccc(C(NC(=O)c2cc(OC)c(OCC(N)=O)c(OC)c2)c2cccs2)cc1. The fraction of sp³-hybridized carbons (Fsp3) is 0.308. The van der Waals surface area contributed by atoms with Crippen molar-refractivity contribution in [3.05, 3.63) is 75.5 Å². The molecule has 0 bridgehead atoms. The third kappa shape index (κ3) is 6.29. The number of carbonyl (C=O) groups is 2. The average molecular weight is 483 g/mol. The van der Waals surface area contributed by atoms with Crippen molar-refractivity contribution in [1.29, 1.82) is 0 Å². The van der Waals surface area contributed by atoms with Gasteiger partial charge in [-0.25, -0.2) is 0 Å². The van der Waals surface area contributed by atoms with Crippen LogP contribution in [0.25, 0.3) is 0 Å². The molecule has 0 aliphatic rings. The molecule has 0 spiro atoms. The van der Waals surface area contributed by atoms with Crippen molar-refractivity contribution >= 4 is 23.2 Å². The second-order valence-electron chi connectivity index (χ2n) is 7.73. The number of primary amides is 1. The number of amides is 2. The number of unbranched alkanes of at least 4 members (excludes halogenated alkanes) is 1. The Morgan fingerprint density at radius 3 is 2.26 bits per heavy atom. The number of benzene rings is 2. The van der Waals surface area contributed by atoms with Gasteiger partial charge >= 0.3 is 0 Å². The molecular formula is C26H30N2O5S. The Kier molecular flexibility index (Phi) is 8.93. The van der Waals surface area contributed by atoms with E-state index >= 15 is 0 Å². The van der Waals surface area contributed by atoms with Crippen molar-refractivity contribution in [1.82, 2.24) is 5.32 Å². The van der Waals surface area contributed by atoms with Crippen LogP contribution in [0, 0.1) is 0 Å². The molecule has 0 saturated heterocycles. The number of aryl methyl sites for hydroxylation is 1. The first-order valence-corrected chi connectivity index (χ1v) is 11.9. The summed E-state index contributed by atoms with van der Waals surface area (Å²) in [6.07, 6.45) is 3.33. The minimum absolute atomic E-state index is 0.206. The molecule has 7 nitrogen and oxygen atoms in total. The van der Waals surface area contributed by atoms with E-state index in [-0.39, 0.29) is 35.8 Å². The van der Waals surface area contributed by atoms with Crippen LogP contribution in [-0.4, -0.2) is 32.6 Å². The summed E-state index contributed by atoms with van der Waals surface area (Å²) in [5, 5.41) is 5.12. The molecular weight excluding hydrogens is 452 g/mol. The van der Waals surface area contributed by atoms with E-state index in [2.05, 4.69) is 36.5 Å². The summed E-state index contributed by atoms with van der Waals surface area (Å²) in [5.74, 6) is -0.202. The summed E-state index contributed by atoms with van der Waals surface area (Å²) in [5.41, 5.74) is 7.79. The van der Waals surface area contributed by atoms with E-state index in [1.165, 1.54) is 19.8 Å². The van der Waals surface area contributed by atoms with Crippen LogP contribution in [0.3, 0.4) is 0 Å². The minimum atomic E-state index is -0.634. The highest BCUT2D eigenvalue weighted by atomic mass is 32.1. The van der Waals surface area contributed by atoms with E-state index in [0.717, 1.165) is 29.7 Å². The molecule has 0 fully saturated rings. The van der Waals surface area contributed by atoms with Gasteiger partial charge in [0.2, 0.25) is 5.75 Å². The minimum Gasteiger partial charge on any atom is -0.493 e. The molecule has 0 aliphatic carbocycles. The summed E-state index contributed by atoms with van der Waals surface area (Å²) in [4.78, 5) is 25.5. The molecule has 1 unspecified atom stereocenters. The number of ether oxygens (including phenoxy) is 3. The summed E-state index contributed by atoms with van der Waals surface area (Å²) >= 11 is 1.58. The van der Waals surface area contributed by atoms with Crippen LogP contribution in [0.4, 0.5) is 0 Å². The van der Waals surface area contributed by atoms with E-state index in [9.17, 15) is 9.59 Å². The van der Waals surface area contributed by atoms with Gasteiger partial charge in [-0.2, -0.15) is 0 Å². The third-order valence-corrected chi connectivity index (χ3v) is 6.25. The zero-order chi connectivity index (χ0) is 24.5. The first kappa shape index (κ1) is 25.1. The first-order valence-electron chi connectivity index (χ1n) is 11.1. The maximum Gasteiger partial charge on any atom is 0.255 e. The molecule has 2 aromatic carbocycles. The maximum absolute atomic E-state index is 13.3. The van der Waals surface area contributed by atoms with Crippen LogP contribution in [0.1, 0.15) is 52.2 Å². The molecule has 8 heteroatoms. The van der Waals surface area contributed by atoms with Crippen molar-refractivity contribution in [2.75, 3.05) is 20.8 Å². The number of hydrogen-bond acceptors (Lipinski definition) is 6. The number of hydrogen-bond donors (Lipinski definition) is 2. The molecule has 0 radical (unpaired) electrons. The van der Waals surface area contributed by atoms with Gasteiger partial charge < -0.3 is 25.3 Å². The predicted octanol–water partition coefficient (Wildman–Crippen LogP) is 4.49. The van der Waals surface area contributed by atoms with Gasteiger partial charge in [0.15, 0.2) is 18.1 Å². The second-order valence-corrected chi connectivity index (χ2v) is 8.71. The van der Waals surface area contributed by atoms with Crippen molar-refractivity contribution in [2.24, 2.45) is 5.73 Å². The lowest BCUT2D eigenvalue weighted by Gasteiger charge is -2.20. The monoisotopic (exact) mass is 482 g/mol. The second kappa shape index (κ2) is 12.1. The maximum atomic E-state index is 13.3. The van der Waals surface area contributed by atoms with Crippen molar-refractivity contribution in [2.45, 2.75) is 32.2 Å². The Balaban J connectivity index is 1.89. The van der Waals surface area contributed by atoms with Gasteiger partial charge in [0.1, 0.15) is 0 Å². The van der Waals surface area contributed by atoms with E-state index in [1.54, 1.807) is 23.5 Å². The topological polar surface area (TPSA) is 99.9 Å². The highest BCUT2D eigenvalue weighted by molar-refractivity contribution is 7.10. The molecule has 3 aromatic rings. The van der Waals surface area contributed by atoms with E-state index in [0.29, 0.717) is 5.56 Å². The number of rotatable bonds is 12. The zero-order valence-electron chi connectivity index (χ0n) is 19.6. The molecule has 1 atom stereocenters. The van der Waals surface area contributed by atoms with Crippen LogP contribution >= 0.6 is 11.3 Å². The average Bonchev–Trinajstić information content (AvgIpc) is 3.39. The summed E-state index contributed by atoms with van der Waals surface area (Å²) in [6.45, 7) is 1.84. The molecule has 34 heavy (non-hydrogen) atoms. The third-order valence-electron chi connectivity index (χ3n) is 5.32. The highest BCUT2D eigenvalue weighted by Gasteiger charge is 2.22. The molecule has 3 N–H and O–H groups in total. The first-order chi connectivity index (χ1) is 16.5. The fourth-order valence-electron chi connectivity index (χ4n) is 3.54. The Hall–Kier alpha value is -3.52. The van der Waals surface area contributed by atoms with Crippen molar-refractivity contribution < 1.29 is 23.8 Å². The molecule has 0 saturated carbocycles. The van der Waals surface area contributed by atoms with Crippen molar-refractivity contribution in [3.8, 4) is 17.2 Å². The zero-order valence-corrected chi connectivity index (χ0v) is 20.4. The van der Waals surface area contributed by atoms with Crippen molar-refractivity contribution in [3.63, 3.8) is 0 Å². The quantitative estimate of drug-likeness (QED) is 0.396. The predicted molar refractivity (Wildman–Crippen MR) is 133 cm³/mol. The number of nitrogens with two attached hydrogens (primary N) is 1. The van der Waals surface area contributed by atoms with Crippen LogP contribution < -0.4 is 25.3 Å². The van der Waals surface area contributed by atoms with Gasteiger partial charge in [0, 0.05) is 10.4 Å². The summed E-state index contributed by atoms with van der Waals surface area (Å²) < 4.78 is 16.2. The molecule has 1 heterocycles. The Morgan fingerprint density at radius 1 is 1.06 bits per heavy atom. The fourth-order valence-corrected chi connectivity index (χ4v) is 4.35. The smallest absolute Gasteiger partial charge is 0.255 e. The largest absolute Gasteiger partial charge is 0.493 e. The van der Waals surface area contributed by atoms with Gasteiger partial charge in [-0.15, -0.1) is 11.3 Å². The Labute approximate surface area is 203 Å². The summed E-state index contributed by atoms with van der Waals surface area (Å²) in [7, 11) is 2.89. The molecule has 180 valence electrons. The standard InChI is InChI=1S/C26H30N2O5S/c1-4-5-7-17-9-11-18(12-10-17)24(22-8-6-13-34-22)28-26(30)19-14-20(31-2)25(21(15-19)32-3)33-16-23(27)29/h6,8-15,24H,4-5,7,16H2,1-3H3,(H2,27,29)(H,28,30). The lowest BCUT2D eigenvalue weighted by atomic mass is 10.0. The highest BCUT2D eigenvalue weighted by Crippen LogP contribution is 2.39. The molecule has 1 aromatic heterocycles. The van der Waals surface area contributed by atoms with Crippen LogP contribution in [-0.2, 0) is 11.2 Å². The lowest BCUT2D eigenvalue weighted by Crippen LogP contribution is -2.29. The number of nitrogens with one attached hydrogen (secondary N) is 1. The molecule has 2 amide bonds. The van der Waals surface area contributed by atoms with Gasteiger partial charge in [0.05, 0.1) is 20.3 Å². The number of methoxy groups -OCH3 is 2.